The van der Waals surface area contributed by atoms with Crippen LogP contribution in [0.25, 0.3) is 0 Å². The van der Waals surface area contributed by atoms with Crippen molar-refractivity contribution in [2.75, 3.05) is 10.6 Å². The van der Waals surface area contributed by atoms with E-state index in [-0.39, 0.29) is 17.5 Å². The fourth-order valence-corrected chi connectivity index (χ4v) is 3.83. The van der Waals surface area contributed by atoms with E-state index in [0.29, 0.717) is 30.1 Å². The van der Waals surface area contributed by atoms with Crippen molar-refractivity contribution in [1.82, 2.24) is 19.6 Å². The van der Waals surface area contributed by atoms with Crippen LogP contribution in [0, 0.1) is 6.92 Å². The lowest BCUT2D eigenvalue weighted by Gasteiger charge is -2.11. The third-order valence-corrected chi connectivity index (χ3v) is 6.19. The Bertz CT molecular complexity index is 1360. The van der Waals surface area contributed by atoms with Gasteiger partial charge in [0.15, 0.2) is 0 Å². The molecule has 180 valence electrons. The molecule has 2 aromatic carbocycles. The van der Waals surface area contributed by atoms with Crippen LogP contribution in [0.3, 0.4) is 0 Å². The van der Waals surface area contributed by atoms with E-state index >= 15 is 0 Å². The number of nitrogens with zero attached hydrogens (tertiary/aromatic N) is 4. The number of aromatic nitrogens is 4. The maximum Gasteiger partial charge on any atom is 0.276 e. The molecule has 2 heterocycles. The highest BCUT2D eigenvalue weighted by molar-refractivity contribution is 9.10. The van der Waals surface area contributed by atoms with Crippen molar-refractivity contribution < 1.29 is 14.3 Å². The highest BCUT2D eigenvalue weighted by Crippen LogP contribution is 2.25. The Kier molecular flexibility index (Phi) is 7.31. The number of para-hydroxylation sites is 1. The average molecular weight is 537 g/mol. The Balaban J connectivity index is 1.45. The molecule has 2 amide bonds. The summed E-state index contributed by atoms with van der Waals surface area (Å²) in [5.74, 6) is 0.0235. The van der Waals surface area contributed by atoms with E-state index in [4.69, 9.17) is 4.74 Å². The van der Waals surface area contributed by atoms with Gasteiger partial charge in [0.1, 0.15) is 18.1 Å². The minimum Gasteiger partial charge on any atom is -0.488 e. The van der Waals surface area contributed by atoms with Crippen LogP contribution < -0.4 is 15.4 Å². The molecule has 10 heteroatoms. The van der Waals surface area contributed by atoms with Gasteiger partial charge in [-0.25, -0.2) is 0 Å². The fourth-order valence-electron chi connectivity index (χ4n) is 3.43. The molecule has 0 fully saturated rings. The Hall–Kier alpha value is -3.92. The van der Waals surface area contributed by atoms with Gasteiger partial charge in [0.25, 0.3) is 11.8 Å². The molecule has 0 aliphatic rings. The van der Waals surface area contributed by atoms with Crippen LogP contribution in [0.4, 0.5) is 11.4 Å². The third kappa shape index (κ3) is 5.43. The number of anilines is 2. The molecule has 4 rings (SSSR count). The quantitative estimate of drug-likeness (QED) is 0.337. The van der Waals surface area contributed by atoms with E-state index in [2.05, 4.69) is 36.8 Å². The number of benzene rings is 2. The lowest BCUT2D eigenvalue weighted by Crippen LogP contribution is -2.21. The van der Waals surface area contributed by atoms with Gasteiger partial charge in [-0.2, -0.15) is 10.2 Å². The van der Waals surface area contributed by atoms with E-state index in [0.717, 1.165) is 21.5 Å². The van der Waals surface area contributed by atoms with E-state index in [1.165, 1.54) is 6.20 Å². The monoisotopic (exact) mass is 536 g/mol. The zero-order valence-electron chi connectivity index (χ0n) is 19.6. The second kappa shape index (κ2) is 10.6. The topological polar surface area (TPSA) is 103 Å². The van der Waals surface area contributed by atoms with Gasteiger partial charge in [-0.15, -0.1) is 0 Å². The van der Waals surface area contributed by atoms with Crippen molar-refractivity contribution in [2.45, 2.75) is 27.0 Å². The molecule has 0 radical (unpaired) electrons. The molecule has 0 unspecified atom stereocenters. The normalized spacial score (nSPS) is 10.7. The number of aryl methyl sites for hydroxylation is 2. The van der Waals surface area contributed by atoms with Crippen LogP contribution in [-0.4, -0.2) is 31.4 Å². The van der Waals surface area contributed by atoms with Gasteiger partial charge in [0.2, 0.25) is 0 Å². The molecule has 0 aliphatic carbocycles. The van der Waals surface area contributed by atoms with Crippen molar-refractivity contribution in [3.8, 4) is 5.75 Å². The Morgan fingerprint density at radius 1 is 0.971 bits per heavy atom. The van der Waals surface area contributed by atoms with E-state index in [9.17, 15) is 9.59 Å². The highest BCUT2D eigenvalue weighted by atomic mass is 79.9. The average Bonchev–Trinajstić information content (AvgIpc) is 3.41. The van der Waals surface area contributed by atoms with Gasteiger partial charge in [-0.3, -0.25) is 19.0 Å². The molecule has 0 spiro atoms. The summed E-state index contributed by atoms with van der Waals surface area (Å²) in [5, 5.41) is 14.1. The van der Waals surface area contributed by atoms with Gasteiger partial charge < -0.3 is 15.4 Å². The number of halogens is 1. The van der Waals surface area contributed by atoms with Crippen LogP contribution in [0.15, 0.2) is 65.4 Å². The zero-order valence-corrected chi connectivity index (χ0v) is 21.2. The minimum absolute atomic E-state index is 0.266. The summed E-state index contributed by atoms with van der Waals surface area (Å²) in [5.41, 5.74) is 3.38. The van der Waals surface area contributed by atoms with Gasteiger partial charge in [-0.05, 0) is 59.6 Å². The number of carbonyl (C=O) groups is 2. The number of ether oxygens (including phenoxy) is 1. The van der Waals surface area contributed by atoms with E-state index in [1.54, 1.807) is 34.7 Å². The Morgan fingerprint density at radius 3 is 2.31 bits per heavy atom. The first kappa shape index (κ1) is 24.2. The second-order valence-electron chi connectivity index (χ2n) is 7.81. The van der Waals surface area contributed by atoms with Crippen molar-refractivity contribution >= 4 is 39.1 Å². The molecule has 0 saturated heterocycles. The van der Waals surface area contributed by atoms with Gasteiger partial charge >= 0.3 is 0 Å². The number of carbonyl (C=O) groups excluding carboxylic acids is 2. The first-order valence-corrected chi connectivity index (χ1v) is 11.8. The third-order valence-electron chi connectivity index (χ3n) is 5.53. The number of rotatable bonds is 8. The van der Waals surface area contributed by atoms with Gasteiger partial charge in [0, 0.05) is 19.2 Å². The number of amides is 2. The summed E-state index contributed by atoms with van der Waals surface area (Å²) in [6, 6.07) is 14.7. The Morgan fingerprint density at radius 2 is 1.66 bits per heavy atom. The number of hydrogen-bond donors (Lipinski definition) is 2. The SMILES string of the molecule is CCn1ncc(NC(=O)c2ccc(COc3ccccc3Br)cc2)c1C(=O)Nc1cnn(C)c1C. The molecule has 0 bridgehead atoms. The van der Waals surface area contributed by atoms with E-state index in [1.807, 2.05) is 50.2 Å². The maximum absolute atomic E-state index is 13.0. The molecule has 9 nitrogen and oxygen atoms in total. The van der Waals surface area contributed by atoms with Crippen LogP contribution in [0.2, 0.25) is 0 Å². The van der Waals surface area contributed by atoms with Crippen LogP contribution in [-0.2, 0) is 20.2 Å². The number of nitrogens with one attached hydrogen (secondary N) is 2. The Labute approximate surface area is 211 Å². The summed E-state index contributed by atoms with van der Waals surface area (Å²) in [7, 11) is 1.80. The standard InChI is InChI=1S/C25H25BrN6O3/c1-4-32-23(25(34)29-20-13-27-31(3)16(20)2)21(14-28-32)30-24(33)18-11-9-17(10-12-18)15-35-22-8-6-5-7-19(22)26/h5-14H,4,15H2,1-3H3,(H,29,34)(H,30,33). The minimum atomic E-state index is -0.379. The molecule has 2 aromatic heterocycles. The predicted molar refractivity (Wildman–Crippen MR) is 137 cm³/mol. The first-order valence-electron chi connectivity index (χ1n) is 11.0. The van der Waals surface area contributed by atoms with Crippen LogP contribution in [0.5, 0.6) is 5.75 Å². The summed E-state index contributed by atoms with van der Waals surface area (Å²) in [6.45, 7) is 4.57. The molecule has 0 atom stereocenters. The second-order valence-corrected chi connectivity index (χ2v) is 8.67. The van der Waals surface area contributed by atoms with Crippen LogP contribution in [0.1, 0.15) is 39.0 Å². The summed E-state index contributed by atoms with van der Waals surface area (Å²) in [4.78, 5) is 25.9. The smallest absolute Gasteiger partial charge is 0.276 e. The molecule has 2 N–H and O–H groups in total. The van der Waals surface area contributed by atoms with Crippen molar-refractivity contribution in [3.05, 3.63) is 87.9 Å². The zero-order chi connectivity index (χ0) is 24.9. The van der Waals surface area contributed by atoms with E-state index < -0.39 is 0 Å². The largest absolute Gasteiger partial charge is 0.488 e. The predicted octanol–water partition coefficient (Wildman–Crippen LogP) is 4.79. The fraction of sp³-hybridized carbons (Fsp3) is 0.200. The van der Waals surface area contributed by atoms with Crippen molar-refractivity contribution in [3.63, 3.8) is 0 Å². The molecule has 35 heavy (non-hydrogen) atoms. The molecular weight excluding hydrogens is 512 g/mol. The summed E-state index contributed by atoms with van der Waals surface area (Å²) < 4.78 is 9.91. The van der Waals surface area contributed by atoms with Gasteiger partial charge in [-0.1, -0.05) is 24.3 Å². The maximum atomic E-state index is 13.0. The van der Waals surface area contributed by atoms with Crippen LogP contribution >= 0.6 is 15.9 Å². The highest BCUT2D eigenvalue weighted by Gasteiger charge is 2.21. The lowest BCUT2D eigenvalue weighted by atomic mass is 10.1. The lowest BCUT2D eigenvalue weighted by molar-refractivity contribution is 0.101. The molecule has 0 aliphatic heterocycles. The van der Waals surface area contributed by atoms with Gasteiger partial charge in [0.05, 0.1) is 33.9 Å². The summed E-state index contributed by atoms with van der Waals surface area (Å²) in [6.07, 6.45) is 3.06. The summed E-state index contributed by atoms with van der Waals surface area (Å²) >= 11 is 3.46. The van der Waals surface area contributed by atoms with Crippen molar-refractivity contribution in [1.29, 1.82) is 0 Å². The molecule has 4 aromatic rings. The molecular formula is C25H25BrN6O3. The molecule has 0 saturated carbocycles. The number of hydrogen-bond acceptors (Lipinski definition) is 5. The first-order chi connectivity index (χ1) is 16.9. The van der Waals surface area contributed by atoms with Crippen molar-refractivity contribution in [2.24, 2.45) is 7.05 Å².